The van der Waals surface area contributed by atoms with Crippen molar-refractivity contribution in [3.05, 3.63) is 63.6 Å². The van der Waals surface area contributed by atoms with E-state index in [1.165, 1.54) is 30.0 Å². The summed E-state index contributed by atoms with van der Waals surface area (Å²) in [5.74, 6) is -1.92. The molecule has 0 aliphatic rings. The topological polar surface area (TPSA) is 37.3 Å². The number of carbonyl (C=O) groups is 1. The van der Waals surface area contributed by atoms with Gasteiger partial charge < -0.3 is 5.11 Å². The molecule has 0 saturated heterocycles. The Kier molecular flexibility index (Phi) is 4.77. The normalized spacial score (nSPS) is 10.6. The summed E-state index contributed by atoms with van der Waals surface area (Å²) in [5, 5.41) is 9.01. The second-order valence-corrected chi connectivity index (χ2v) is 5.92. The van der Waals surface area contributed by atoms with Crippen molar-refractivity contribution in [2.45, 2.75) is 10.6 Å². The van der Waals surface area contributed by atoms with E-state index in [1.54, 1.807) is 12.1 Å². The van der Waals surface area contributed by atoms with E-state index < -0.39 is 17.6 Å². The maximum absolute atomic E-state index is 13.0. The highest BCUT2D eigenvalue weighted by Crippen LogP contribution is 2.27. The van der Waals surface area contributed by atoms with Gasteiger partial charge in [0.25, 0.3) is 0 Å². The lowest BCUT2D eigenvalue weighted by Gasteiger charge is -2.05. The second-order valence-electron chi connectivity index (χ2n) is 4.01. The van der Waals surface area contributed by atoms with E-state index >= 15 is 0 Å². The molecule has 0 fully saturated rings. The molecule has 0 aliphatic heterocycles. The summed E-state index contributed by atoms with van der Waals surface area (Å²) in [6.07, 6.45) is 0. The number of benzene rings is 2. The fourth-order valence-corrected chi connectivity index (χ4v) is 2.90. The van der Waals surface area contributed by atoms with Crippen LogP contribution in [0.3, 0.4) is 0 Å². The minimum atomic E-state index is -1.03. The van der Waals surface area contributed by atoms with E-state index in [2.05, 4.69) is 15.9 Å². The summed E-state index contributed by atoms with van der Waals surface area (Å²) < 4.78 is 26.6. The lowest BCUT2D eigenvalue weighted by molar-refractivity contribution is 0.0695. The van der Waals surface area contributed by atoms with Gasteiger partial charge in [0.15, 0.2) is 0 Å². The third-order valence-electron chi connectivity index (χ3n) is 2.50. The molecule has 0 amide bonds. The molecule has 0 bridgehead atoms. The zero-order valence-electron chi connectivity index (χ0n) is 10.1. The monoisotopic (exact) mass is 358 g/mol. The van der Waals surface area contributed by atoms with Gasteiger partial charge in [-0.05, 0) is 51.8 Å². The van der Waals surface area contributed by atoms with Crippen LogP contribution in [0, 0.1) is 11.6 Å². The van der Waals surface area contributed by atoms with Crippen LogP contribution in [-0.2, 0) is 5.75 Å². The first-order valence-corrected chi connectivity index (χ1v) is 7.34. The third-order valence-corrected chi connectivity index (χ3v) is 4.25. The van der Waals surface area contributed by atoms with E-state index in [1.807, 2.05) is 0 Å². The lowest BCUT2D eigenvalue weighted by Crippen LogP contribution is -1.97. The SMILES string of the molecule is O=C(O)c1cc(SCc2cc(F)cc(F)c2)ccc1Br. The molecule has 2 aromatic carbocycles. The predicted molar refractivity (Wildman–Crippen MR) is 77.0 cm³/mol. The van der Waals surface area contributed by atoms with Gasteiger partial charge in [0.1, 0.15) is 11.6 Å². The van der Waals surface area contributed by atoms with Gasteiger partial charge in [-0.25, -0.2) is 13.6 Å². The van der Waals surface area contributed by atoms with Crippen molar-refractivity contribution in [1.82, 2.24) is 0 Å². The van der Waals surface area contributed by atoms with Gasteiger partial charge in [0, 0.05) is 21.2 Å². The Morgan fingerprint density at radius 2 is 1.80 bits per heavy atom. The lowest BCUT2D eigenvalue weighted by atomic mass is 10.2. The quantitative estimate of drug-likeness (QED) is 0.803. The molecule has 2 nitrogen and oxygen atoms in total. The first kappa shape index (κ1) is 15.0. The molecule has 0 unspecified atom stereocenters. The number of halogens is 3. The molecule has 20 heavy (non-hydrogen) atoms. The van der Waals surface area contributed by atoms with E-state index in [0.29, 0.717) is 15.8 Å². The van der Waals surface area contributed by atoms with E-state index in [9.17, 15) is 13.6 Å². The van der Waals surface area contributed by atoms with Crippen LogP contribution in [0.4, 0.5) is 8.78 Å². The number of hydrogen-bond donors (Lipinski definition) is 1. The molecule has 0 aromatic heterocycles. The van der Waals surface area contributed by atoms with Crippen molar-refractivity contribution in [2.75, 3.05) is 0 Å². The van der Waals surface area contributed by atoms with Gasteiger partial charge in [-0.2, -0.15) is 0 Å². The van der Waals surface area contributed by atoms with Crippen molar-refractivity contribution < 1.29 is 18.7 Å². The molecule has 0 spiro atoms. The maximum Gasteiger partial charge on any atom is 0.336 e. The van der Waals surface area contributed by atoms with Gasteiger partial charge in [-0.15, -0.1) is 11.8 Å². The number of carboxylic acids is 1. The molecule has 0 saturated carbocycles. The number of carboxylic acid groups (broad SMARTS) is 1. The molecule has 0 aliphatic carbocycles. The van der Waals surface area contributed by atoms with Crippen molar-refractivity contribution in [2.24, 2.45) is 0 Å². The first-order valence-electron chi connectivity index (χ1n) is 5.56. The van der Waals surface area contributed by atoms with Crippen LogP contribution in [-0.4, -0.2) is 11.1 Å². The molecule has 6 heteroatoms. The highest BCUT2D eigenvalue weighted by atomic mass is 79.9. The largest absolute Gasteiger partial charge is 0.478 e. The summed E-state index contributed by atoms with van der Waals surface area (Å²) in [4.78, 5) is 11.7. The van der Waals surface area contributed by atoms with Crippen LogP contribution in [0.1, 0.15) is 15.9 Å². The minimum Gasteiger partial charge on any atom is -0.478 e. The van der Waals surface area contributed by atoms with Gasteiger partial charge in [0.2, 0.25) is 0 Å². The summed E-state index contributed by atoms with van der Waals surface area (Å²) >= 11 is 4.47. The molecule has 1 N–H and O–H groups in total. The Hall–Kier alpha value is -1.40. The summed E-state index contributed by atoms with van der Waals surface area (Å²) in [5.41, 5.74) is 0.660. The van der Waals surface area contributed by atoms with E-state index in [4.69, 9.17) is 5.11 Å². The van der Waals surface area contributed by atoms with Crippen LogP contribution in [0.2, 0.25) is 0 Å². The summed E-state index contributed by atoms with van der Waals surface area (Å²) in [6.45, 7) is 0. The molecule has 0 radical (unpaired) electrons. The minimum absolute atomic E-state index is 0.153. The van der Waals surface area contributed by atoms with Crippen LogP contribution in [0.15, 0.2) is 45.8 Å². The zero-order valence-corrected chi connectivity index (χ0v) is 12.5. The van der Waals surface area contributed by atoms with Crippen molar-refractivity contribution in [3.8, 4) is 0 Å². The smallest absolute Gasteiger partial charge is 0.336 e. The maximum atomic E-state index is 13.0. The fraction of sp³-hybridized carbons (Fsp3) is 0.0714. The Morgan fingerprint density at radius 1 is 1.15 bits per heavy atom. The average molecular weight is 359 g/mol. The van der Waals surface area contributed by atoms with Crippen LogP contribution in [0.5, 0.6) is 0 Å². The average Bonchev–Trinajstić information content (AvgIpc) is 2.36. The molecule has 2 rings (SSSR count). The molecule has 0 heterocycles. The molecule has 0 atom stereocenters. The highest BCUT2D eigenvalue weighted by Gasteiger charge is 2.09. The molecular formula is C14H9BrF2O2S. The van der Waals surface area contributed by atoms with Crippen LogP contribution >= 0.6 is 27.7 Å². The number of aromatic carboxylic acids is 1. The predicted octanol–water partition coefficient (Wildman–Crippen LogP) is 4.72. The zero-order chi connectivity index (χ0) is 14.7. The van der Waals surface area contributed by atoms with Gasteiger partial charge in [-0.3, -0.25) is 0 Å². The van der Waals surface area contributed by atoms with Crippen molar-refractivity contribution >= 4 is 33.7 Å². The fourth-order valence-electron chi connectivity index (χ4n) is 1.62. The van der Waals surface area contributed by atoms with Crippen LogP contribution < -0.4 is 0 Å². The standard InChI is InChI=1S/C14H9BrF2O2S/c15-13-2-1-11(6-12(13)14(18)19)20-7-8-3-9(16)5-10(17)4-8/h1-6H,7H2,(H,18,19). The van der Waals surface area contributed by atoms with E-state index in [-0.39, 0.29) is 5.56 Å². The Morgan fingerprint density at radius 3 is 2.40 bits per heavy atom. The number of thioether (sulfide) groups is 1. The van der Waals surface area contributed by atoms with Crippen LogP contribution in [0.25, 0.3) is 0 Å². The number of hydrogen-bond acceptors (Lipinski definition) is 2. The Bertz CT molecular complexity index is 641. The molecular weight excluding hydrogens is 350 g/mol. The number of rotatable bonds is 4. The van der Waals surface area contributed by atoms with Gasteiger partial charge in [-0.1, -0.05) is 0 Å². The van der Waals surface area contributed by atoms with Crippen molar-refractivity contribution in [1.29, 1.82) is 0 Å². The molecule has 104 valence electrons. The van der Waals surface area contributed by atoms with Gasteiger partial charge >= 0.3 is 5.97 Å². The Balaban J connectivity index is 2.14. The van der Waals surface area contributed by atoms with Gasteiger partial charge in [0.05, 0.1) is 5.56 Å². The highest BCUT2D eigenvalue weighted by molar-refractivity contribution is 9.10. The Labute approximate surface area is 126 Å². The molecule has 2 aromatic rings. The second kappa shape index (κ2) is 6.37. The third kappa shape index (κ3) is 3.80. The summed E-state index contributed by atoms with van der Waals surface area (Å²) in [6, 6.07) is 8.23. The van der Waals surface area contributed by atoms with Crippen molar-refractivity contribution in [3.63, 3.8) is 0 Å². The van der Waals surface area contributed by atoms with E-state index in [0.717, 1.165) is 11.0 Å². The summed E-state index contributed by atoms with van der Waals surface area (Å²) in [7, 11) is 0. The first-order chi connectivity index (χ1) is 9.45.